The molecular formula is C13H21N3O3. The number of hydrogen-bond donors (Lipinski definition) is 2. The maximum Gasteiger partial charge on any atom is 0.412 e. The summed E-state index contributed by atoms with van der Waals surface area (Å²) in [5, 5.41) is 2.44. The first-order valence-corrected chi connectivity index (χ1v) is 6.71. The van der Waals surface area contributed by atoms with Crippen LogP contribution in [0.15, 0.2) is 17.1 Å². The van der Waals surface area contributed by atoms with Crippen LogP contribution < -0.4 is 11.0 Å². The molecule has 0 aliphatic carbocycles. The fourth-order valence-corrected chi connectivity index (χ4v) is 1.63. The zero-order chi connectivity index (χ0) is 13.9. The van der Waals surface area contributed by atoms with Crippen molar-refractivity contribution in [3.8, 4) is 0 Å². The summed E-state index contributed by atoms with van der Waals surface area (Å²) in [4.78, 5) is 28.1. The molecule has 0 aromatic carbocycles. The Labute approximate surface area is 112 Å². The Kier molecular flexibility index (Phi) is 7.31. The van der Waals surface area contributed by atoms with Crippen molar-refractivity contribution in [3.63, 3.8) is 0 Å². The zero-order valence-corrected chi connectivity index (χ0v) is 11.3. The van der Waals surface area contributed by atoms with E-state index in [2.05, 4.69) is 22.2 Å². The van der Waals surface area contributed by atoms with E-state index in [1.165, 1.54) is 37.9 Å². The average Bonchev–Trinajstić information content (AvgIpc) is 2.37. The minimum absolute atomic E-state index is 0.285. The lowest BCUT2D eigenvalue weighted by Gasteiger charge is -2.06. The van der Waals surface area contributed by atoms with E-state index in [1.807, 2.05) is 0 Å². The summed E-state index contributed by atoms with van der Waals surface area (Å²) < 4.78 is 5.00. The summed E-state index contributed by atoms with van der Waals surface area (Å²) in [5.74, 6) is 0.285. The van der Waals surface area contributed by atoms with E-state index >= 15 is 0 Å². The second-order valence-corrected chi connectivity index (χ2v) is 4.32. The molecule has 0 aliphatic rings. The summed E-state index contributed by atoms with van der Waals surface area (Å²) in [6.45, 7) is 2.57. The van der Waals surface area contributed by atoms with Gasteiger partial charge in [-0.05, 0) is 12.5 Å². The minimum atomic E-state index is -0.560. The standard InChI is InChI=1S/C13H21N3O3/c1-2-3-4-5-6-7-10-19-13(18)16-11-8-9-14-12(17)15-11/h8-9H,2-7,10H2,1H3,(H2,14,15,16,17,18). The number of ether oxygens (including phenoxy) is 1. The summed E-state index contributed by atoms with van der Waals surface area (Å²) in [7, 11) is 0. The summed E-state index contributed by atoms with van der Waals surface area (Å²) in [6, 6.07) is 1.49. The van der Waals surface area contributed by atoms with Crippen LogP contribution in [0.1, 0.15) is 45.4 Å². The van der Waals surface area contributed by atoms with Crippen molar-refractivity contribution in [1.82, 2.24) is 9.97 Å². The molecule has 19 heavy (non-hydrogen) atoms. The Morgan fingerprint density at radius 1 is 1.32 bits per heavy atom. The maximum atomic E-state index is 11.4. The zero-order valence-electron chi connectivity index (χ0n) is 11.3. The van der Waals surface area contributed by atoms with Crippen LogP contribution in [0, 0.1) is 0 Å². The number of carbonyl (C=O) groups excluding carboxylic acids is 1. The molecule has 0 atom stereocenters. The smallest absolute Gasteiger partial charge is 0.412 e. The first-order chi connectivity index (χ1) is 9.22. The lowest BCUT2D eigenvalue weighted by molar-refractivity contribution is 0.159. The predicted octanol–water partition coefficient (Wildman–Crippen LogP) is 2.68. The van der Waals surface area contributed by atoms with Crippen molar-refractivity contribution in [1.29, 1.82) is 0 Å². The number of rotatable bonds is 8. The van der Waals surface area contributed by atoms with E-state index < -0.39 is 11.8 Å². The highest BCUT2D eigenvalue weighted by atomic mass is 16.5. The van der Waals surface area contributed by atoms with Gasteiger partial charge >= 0.3 is 11.8 Å². The monoisotopic (exact) mass is 267 g/mol. The maximum absolute atomic E-state index is 11.4. The molecule has 6 heteroatoms. The van der Waals surface area contributed by atoms with Crippen molar-refractivity contribution in [2.45, 2.75) is 45.4 Å². The SMILES string of the molecule is CCCCCCCCOC(=O)Nc1ccnc(=O)[nH]1. The molecule has 1 aromatic rings. The molecule has 6 nitrogen and oxygen atoms in total. The summed E-state index contributed by atoms with van der Waals surface area (Å²) in [6.07, 6.45) is 7.60. The molecule has 0 saturated heterocycles. The molecule has 1 rings (SSSR count). The van der Waals surface area contributed by atoms with E-state index in [0.717, 1.165) is 12.8 Å². The van der Waals surface area contributed by atoms with Crippen LogP contribution in [0.5, 0.6) is 0 Å². The Balaban J connectivity index is 2.10. The van der Waals surface area contributed by atoms with Crippen molar-refractivity contribution >= 4 is 11.9 Å². The van der Waals surface area contributed by atoms with Gasteiger partial charge in [0.05, 0.1) is 6.61 Å². The summed E-state index contributed by atoms with van der Waals surface area (Å²) in [5.41, 5.74) is -0.506. The second kappa shape index (κ2) is 9.13. The number of amides is 1. The Morgan fingerprint density at radius 3 is 2.79 bits per heavy atom. The first-order valence-electron chi connectivity index (χ1n) is 6.71. The van der Waals surface area contributed by atoms with Crippen molar-refractivity contribution in [2.24, 2.45) is 0 Å². The van der Waals surface area contributed by atoms with Crippen molar-refractivity contribution in [3.05, 3.63) is 22.7 Å². The van der Waals surface area contributed by atoms with Crippen LogP contribution in [0.3, 0.4) is 0 Å². The number of nitrogens with one attached hydrogen (secondary N) is 2. The lowest BCUT2D eigenvalue weighted by atomic mass is 10.1. The number of H-pyrrole nitrogens is 1. The van der Waals surface area contributed by atoms with Crippen LogP contribution in [-0.4, -0.2) is 22.7 Å². The van der Waals surface area contributed by atoms with Gasteiger partial charge in [0.1, 0.15) is 5.82 Å². The van der Waals surface area contributed by atoms with Crippen LogP contribution in [0.2, 0.25) is 0 Å². The third-order valence-corrected chi connectivity index (χ3v) is 2.64. The van der Waals surface area contributed by atoms with E-state index in [1.54, 1.807) is 0 Å². The molecule has 1 aromatic heterocycles. The third kappa shape index (κ3) is 7.23. The van der Waals surface area contributed by atoms with Gasteiger partial charge in [0.2, 0.25) is 0 Å². The van der Waals surface area contributed by atoms with Gasteiger partial charge in [-0.25, -0.2) is 14.6 Å². The van der Waals surface area contributed by atoms with Crippen molar-refractivity contribution < 1.29 is 9.53 Å². The quantitative estimate of drug-likeness (QED) is 0.709. The van der Waals surface area contributed by atoms with Gasteiger partial charge in [-0.2, -0.15) is 0 Å². The molecule has 0 saturated carbocycles. The minimum Gasteiger partial charge on any atom is -0.449 e. The number of aromatic amines is 1. The molecule has 0 unspecified atom stereocenters. The fraction of sp³-hybridized carbons (Fsp3) is 0.615. The number of nitrogens with zero attached hydrogens (tertiary/aromatic N) is 1. The van der Waals surface area contributed by atoms with Gasteiger partial charge in [0.25, 0.3) is 0 Å². The van der Waals surface area contributed by atoms with Gasteiger partial charge in [-0.1, -0.05) is 39.0 Å². The second-order valence-electron chi connectivity index (χ2n) is 4.32. The largest absolute Gasteiger partial charge is 0.449 e. The van der Waals surface area contributed by atoms with Crippen LogP contribution >= 0.6 is 0 Å². The van der Waals surface area contributed by atoms with Crippen LogP contribution in [0.4, 0.5) is 10.6 Å². The predicted molar refractivity (Wildman–Crippen MR) is 73.2 cm³/mol. The van der Waals surface area contributed by atoms with Gasteiger partial charge in [0.15, 0.2) is 0 Å². The molecule has 0 aliphatic heterocycles. The highest BCUT2D eigenvalue weighted by Gasteiger charge is 2.03. The average molecular weight is 267 g/mol. The molecule has 0 radical (unpaired) electrons. The Hall–Kier alpha value is -1.85. The van der Waals surface area contributed by atoms with E-state index in [9.17, 15) is 9.59 Å². The van der Waals surface area contributed by atoms with Gasteiger partial charge in [0, 0.05) is 6.20 Å². The van der Waals surface area contributed by atoms with Crippen LogP contribution in [-0.2, 0) is 4.74 Å². The number of anilines is 1. The van der Waals surface area contributed by atoms with E-state index in [0.29, 0.717) is 6.61 Å². The molecule has 0 fully saturated rings. The molecule has 0 spiro atoms. The fourth-order valence-electron chi connectivity index (χ4n) is 1.63. The van der Waals surface area contributed by atoms with E-state index in [4.69, 9.17) is 4.74 Å². The molecule has 0 bridgehead atoms. The number of hydrogen-bond acceptors (Lipinski definition) is 4. The molecule has 2 N–H and O–H groups in total. The Morgan fingerprint density at radius 2 is 2.05 bits per heavy atom. The topological polar surface area (TPSA) is 84.1 Å². The van der Waals surface area contributed by atoms with Gasteiger partial charge in [-0.3, -0.25) is 10.3 Å². The Bertz CT molecular complexity index is 431. The number of unbranched alkanes of at least 4 members (excludes halogenated alkanes) is 5. The normalized spacial score (nSPS) is 10.2. The molecule has 1 amide bonds. The third-order valence-electron chi connectivity index (χ3n) is 2.64. The molecule has 1 heterocycles. The molecular weight excluding hydrogens is 246 g/mol. The molecule has 106 valence electrons. The highest BCUT2D eigenvalue weighted by molar-refractivity contribution is 5.83. The lowest BCUT2D eigenvalue weighted by Crippen LogP contribution is -2.18. The van der Waals surface area contributed by atoms with Gasteiger partial charge < -0.3 is 4.74 Å². The first kappa shape index (κ1) is 15.2. The van der Waals surface area contributed by atoms with E-state index in [-0.39, 0.29) is 5.82 Å². The highest BCUT2D eigenvalue weighted by Crippen LogP contribution is 2.05. The number of aromatic nitrogens is 2. The van der Waals surface area contributed by atoms with Crippen molar-refractivity contribution in [2.75, 3.05) is 11.9 Å². The summed E-state index contributed by atoms with van der Waals surface area (Å²) >= 11 is 0. The van der Waals surface area contributed by atoms with Gasteiger partial charge in [-0.15, -0.1) is 0 Å². The van der Waals surface area contributed by atoms with Crippen LogP contribution in [0.25, 0.3) is 0 Å². The number of carbonyl (C=O) groups is 1.